The minimum Gasteiger partial charge on any atom is -0.494 e. The topological polar surface area (TPSA) is 98.3 Å². The lowest BCUT2D eigenvalue weighted by molar-refractivity contribution is -0.111. The Labute approximate surface area is 276 Å². The van der Waals surface area contributed by atoms with Crippen LogP contribution in [0.25, 0.3) is 0 Å². The zero-order valence-corrected chi connectivity index (χ0v) is 27.6. The molecule has 3 aromatic rings. The molecule has 2 N–H and O–H groups in total. The average Bonchev–Trinajstić information content (AvgIpc) is 3.57. The van der Waals surface area contributed by atoms with Gasteiger partial charge in [-0.1, -0.05) is 30.3 Å². The van der Waals surface area contributed by atoms with Crippen molar-refractivity contribution in [2.75, 3.05) is 80.6 Å². The molecule has 0 bridgehead atoms. The highest BCUT2D eigenvalue weighted by atomic mass is 35.5. The van der Waals surface area contributed by atoms with E-state index in [1.165, 1.54) is 12.4 Å². The number of piperidine rings is 1. The molecule has 0 spiro atoms. The Bertz CT molecular complexity index is 1560. The number of aromatic nitrogens is 2. The third-order valence-corrected chi connectivity index (χ3v) is 9.74. The molecule has 0 saturated carbocycles. The lowest BCUT2D eigenvalue weighted by Gasteiger charge is -2.43. The number of carbonyl (C=O) groups is 1. The zero-order chi connectivity index (χ0) is 32.2. The summed E-state index contributed by atoms with van der Waals surface area (Å²) in [6.45, 7) is 12.5. The van der Waals surface area contributed by atoms with E-state index in [0.717, 1.165) is 80.4 Å². The number of ether oxygens (including phenoxy) is 1. The normalized spacial score (nSPS) is 19.7. The first-order valence-electron chi connectivity index (χ1n) is 15.9. The van der Waals surface area contributed by atoms with Gasteiger partial charge >= 0.3 is 0 Å². The summed E-state index contributed by atoms with van der Waals surface area (Å²) in [5.41, 5.74) is 4.39. The summed E-state index contributed by atoms with van der Waals surface area (Å²) in [4.78, 5) is 35.0. The van der Waals surface area contributed by atoms with Crippen LogP contribution in [-0.4, -0.2) is 91.7 Å². The van der Waals surface area contributed by atoms with Crippen molar-refractivity contribution < 1.29 is 14.4 Å². The zero-order valence-electron chi connectivity index (χ0n) is 26.8. The summed E-state index contributed by atoms with van der Waals surface area (Å²) >= 11 is 6.44. The molecule has 12 heteroatoms. The van der Waals surface area contributed by atoms with Crippen molar-refractivity contribution >= 4 is 46.2 Å². The van der Waals surface area contributed by atoms with E-state index in [-0.39, 0.29) is 11.9 Å². The van der Waals surface area contributed by atoms with Gasteiger partial charge in [-0.3, -0.25) is 14.5 Å². The van der Waals surface area contributed by atoms with Crippen LogP contribution in [0.5, 0.6) is 5.75 Å². The summed E-state index contributed by atoms with van der Waals surface area (Å²) in [6.07, 6.45) is 5.73. The van der Waals surface area contributed by atoms with Gasteiger partial charge < -0.3 is 25.2 Å². The minimum atomic E-state index is -0.275. The number of hydroxylamine groups is 1. The van der Waals surface area contributed by atoms with Crippen LogP contribution in [0.4, 0.5) is 28.7 Å². The van der Waals surface area contributed by atoms with Crippen molar-refractivity contribution in [2.24, 2.45) is 0 Å². The van der Waals surface area contributed by atoms with E-state index < -0.39 is 0 Å². The molecule has 3 aliphatic rings. The van der Waals surface area contributed by atoms with Gasteiger partial charge in [0.1, 0.15) is 17.9 Å². The lowest BCUT2D eigenvalue weighted by atomic mass is 9.99. The van der Waals surface area contributed by atoms with Gasteiger partial charge in [-0.15, -0.1) is 0 Å². The Morgan fingerprint density at radius 2 is 1.85 bits per heavy atom. The van der Waals surface area contributed by atoms with Gasteiger partial charge in [0, 0.05) is 68.9 Å². The maximum absolute atomic E-state index is 12.6. The van der Waals surface area contributed by atoms with E-state index in [2.05, 4.69) is 55.0 Å². The summed E-state index contributed by atoms with van der Waals surface area (Å²) in [5.74, 6) is 1.54. The third-order valence-electron chi connectivity index (χ3n) is 9.34. The first-order chi connectivity index (χ1) is 22.3. The number of hydrogen-bond donors (Lipinski definition) is 2. The number of hydrogen-bond acceptors (Lipinski definition) is 10. The Morgan fingerprint density at radius 1 is 1.07 bits per heavy atom. The predicted molar refractivity (Wildman–Crippen MR) is 183 cm³/mol. The molecule has 4 heterocycles. The molecule has 2 aromatic carbocycles. The van der Waals surface area contributed by atoms with Crippen molar-refractivity contribution in [3.63, 3.8) is 0 Å². The number of carbonyl (C=O) groups excluding carboxylic acids is 1. The fourth-order valence-corrected chi connectivity index (χ4v) is 6.86. The van der Waals surface area contributed by atoms with Crippen molar-refractivity contribution in [1.82, 2.24) is 19.8 Å². The number of piperazine rings is 1. The highest BCUT2D eigenvalue weighted by Crippen LogP contribution is 2.41. The standard InChI is InChI=1S/C34H43ClN8O3/c1-5-34(44)39-27-19-28(31(45-4)20-30(27)42-12-9-24(10-13-42)41-16-14-40(3)15-17-41)38-32-21-33(37-22-36-32)43-29(11-18-46-43)25-7-6-8-26(35)23(25)2/h5-8,19-22,24,29H,1,9-18H2,2-4H3,(H,39,44)(H,36,37,38)/t29-/m1/s1. The Morgan fingerprint density at radius 3 is 2.59 bits per heavy atom. The molecule has 3 fully saturated rings. The number of likely N-dealkylation sites (N-methyl/N-ethyl adjacent to an activating group) is 1. The molecule has 46 heavy (non-hydrogen) atoms. The SMILES string of the molecule is C=CC(=O)Nc1cc(Nc2cc(N3OCC[C@@H]3c3cccc(Cl)c3C)ncn2)c(OC)cc1N1CCC(N2CCN(C)CC2)CC1. The molecule has 11 nitrogen and oxygen atoms in total. The van der Waals surface area contributed by atoms with Crippen molar-refractivity contribution in [2.45, 2.75) is 38.3 Å². The van der Waals surface area contributed by atoms with Crippen LogP contribution in [0.1, 0.15) is 36.4 Å². The van der Waals surface area contributed by atoms with E-state index in [4.69, 9.17) is 21.2 Å². The summed E-state index contributed by atoms with van der Waals surface area (Å²) in [5, 5.41) is 8.97. The number of benzene rings is 2. The van der Waals surface area contributed by atoms with Gasteiger partial charge in [-0.25, -0.2) is 15.0 Å². The molecule has 0 radical (unpaired) electrons. The Hall–Kier alpha value is -3.90. The molecule has 1 amide bonds. The number of methoxy groups -OCH3 is 1. The van der Waals surface area contributed by atoms with E-state index in [1.807, 2.05) is 42.3 Å². The molecular weight excluding hydrogens is 604 g/mol. The first kappa shape index (κ1) is 32.1. The monoisotopic (exact) mass is 646 g/mol. The molecule has 0 unspecified atom stereocenters. The highest BCUT2D eigenvalue weighted by molar-refractivity contribution is 6.31. The van der Waals surface area contributed by atoms with Gasteiger partial charge in [0.05, 0.1) is 36.8 Å². The predicted octanol–water partition coefficient (Wildman–Crippen LogP) is 5.41. The summed E-state index contributed by atoms with van der Waals surface area (Å²) < 4.78 is 5.87. The minimum absolute atomic E-state index is 0.0311. The van der Waals surface area contributed by atoms with E-state index in [0.29, 0.717) is 41.4 Å². The molecule has 0 aliphatic carbocycles. The fraction of sp³-hybridized carbons (Fsp3) is 0.441. The van der Waals surface area contributed by atoms with E-state index >= 15 is 0 Å². The quantitative estimate of drug-likeness (QED) is 0.294. The van der Waals surface area contributed by atoms with Gasteiger partial charge in [0.15, 0.2) is 5.82 Å². The van der Waals surface area contributed by atoms with Gasteiger partial charge in [0.2, 0.25) is 5.91 Å². The number of nitrogens with zero attached hydrogens (tertiary/aromatic N) is 6. The van der Waals surface area contributed by atoms with Crippen LogP contribution >= 0.6 is 11.6 Å². The second-order valence-corrected chi connectivity index (χ2v) is 12.5. The first-order valence-corrected chi connectivity index (χ1v) is 16.3. The molecule has 1 aromatic heterocycles. The van der Waals surface area contributed by atoms with Crippen molar-refractivity contribution in [1.29, 1.82) is 0 Å². The van der Waals surface area contributed by atoms with Crippen molar-refractivity contribution in [3.05, 3.63) is 71.5 Å². The smallest absolute Gasteiger partial charge is 0.247 e. The second kappa shape index (κ2) is 14.3. The van der Waals surface area contributed by atoms with Gasteiger partial charge in [-0.05, 0) is 56.1 Å². The van der Waals surface area contributed by atoms with Crippen LogP contribution in [-0.2, 0) is 9.63 Å². The number of halogens is 1. The Balaban J connectivity index is 1.23. The van der Waals surface area contributed by atoms with Crippen LogP contribution in [0.2, 0.25) is 5.02 Å². The van der Waals surface area contributed by atoms with Crippen LogP contribution < -0.4 is 25.3 Å². The van der Waals surface area contributed by atoms with E-state index in [9.17, 15) is 4.79 Å². The summed E-state index contributed by atoms with van der Waals surface area (Å²) in [6, 6.07) is 12.2. The second-order valence-electron chi connectivity index (χ2n) is 12.1. The largest absolute Gasteiger partial charge is 0.494 e. The summed E-state index contributed by atoms with van der Waals surface area (Å²) in [7, 11) is 3.84. The molecule has 244 valence electrons. The fourth-order valence-electron chi connectivity index (χ4n) is 6.68. The van der Waals surface area contributed by atoms with Gasteiger partial charge in [0.25, 0.3) is 0 Å². The van der Waals surface area contributed by atoms with Gasteiger partial charge in [-0.2, -0.15) is 0 Å². The van der Waals surface area contributed by atoms with Crippen molar-refractivity contribution in [3.8, 4) is 5.75 Å². The maximum atomic E-state index is 12.6. The highest BCUT2D eigenvalue weighted by Gasteiger charge is 2.31. The number of amides is 1. The molecule has 1 atom stereocenters. The van der Waals surface area contributed by atoms with E-state index in [1.54, 1.807) is 7.11 Å². The van der Waals surface area contributed by atoms with Crippen LogP contribution in [0.15, 0.2) is 55.4 Å². The third kappa shape index (κ3) is 6.92. The number of nitrogens with one attached hydrogen (secondary N) is 2. The molecular formula is C34H43ClN8O3. The molecule has 6 rings (SSSR count). The maximum Gasteiger partial charge on any atom is 0.247 e. The average molecular weight is 647 g/mol. The molecule has 3 aliphatic heterocycles. The van der Waals surface area contributed by atoms with Crippen LogP contribution in [0, 0.1) is 6.92 Å². The lowest BCUT2D eigenvalue weighted by Crippen LogP contribution is -2.52. The van der Waals surface area contributed by atoms with Crippen LogP contribution in [0.3, 0.4) is 0 Å². The Kier molecular flexibility index (Phi) is 9.93. The number of rotatable bonds is 9. The molecule has 3 saturated heterocycles. The number of anilines is 5.